The Morgan fingerprint density at radius 2 is 1.93 bits per heavy atom. The number of hydrogen-bond acceptors (Lipinski definition) is 2. The number of piperidine rings is 1. The van der Waals surface area contributed by atoms with Crippen LogP contribution in [0.25, 0.3) is 0 Å². The Kier molecular flexibility index (Phi) is 11.0. The molecule has 2 nitrogen and oxygen atoms in total. The molecule has 30 heavy (non-hydrogen) atoms. The van der Waals surface area contributed by atoms with E-state index < -0.39 is 0 Å². The second kappa shape index (κ2) is 12.7. The smallest absolute Gasteiger partial charge is 0.175 e. The molecule has 0 spiro atoms. The quantitative estimate of drug-likeness (QED) is 0.210. The minimum Gasteiger partial charge on any atom is -0.272 e. The topological polar surface area (TPSA) is 24.1 Å². The van der Waals surface area contributed by atoms with E-state index in [1.54, 1.807) is 5.57 Å². The molecule has 5 unspecified atom stereocenters. The summed E-state index contributed by atoms with van der Waals surface area (Å²) in [7, 11) is 1.57. The summed E-state index contributed by atoms with van der Waals surface area (Å²) in [5, 5.41) is 10.2. The fourth-order valence-electron chi connectivity index (χ4n) is 4.41. The van der Waals surface area contributed by atoms with Gasteiger partial charge in [-0.1, -0.05) is 71.9 Å². The van der Waals surface area contributed by atoms with Crippen molar-refractivity contribution in [1.82, 2.24) is 10.6 Å². The monoisotopic (exact) mass is 449 g/mol. The summed E-state index contributed by atoms with van der Waals surface area (Å²) < 4.78 is 0. The Labute approximate surface area is 193 Å². The average Bonchev–Trinajstić information content (AvgIpc) is 2.73. The lowest BCUT2D eigenvalue weighted by atomic mass is 9.86. The molecule has 5 atom stereocenters. The number of hydrogen-bond donors (Lipinski definition) is 2. The van der Waals surface area contributed by atoms with Crippen molar-refractivity contribution >= 4 is 21.1 Å². The minimum atomic E-state index is 0.344. The molecule has 0 amide bonds. The van der Waals surface area contributed by atoms with Crippen LogP contribution in [0.2, 0.25) is 5.04 Å². The van der Waals surface area contributed by atoms with E-state index in [-0.39, 0.29) is 0 Å². The van der Waals surface area contributed by atoms with Crippen LogP contribution in [0, 0.1) is 11.8 Å². The molecular weight excluding hydrogens is 400 g/mol. The number of rotatable bonds is 10. The Hall–Kier alpha value is -0.293. The summed E-state index contributed by atoms with van der Waals surface area (Å²) in [6.07, 6.45) is 20.0. The highest BCUT2D eigenvalue weighted by molar-refractivity contribution is 7.98. The Morgan fingerprint density at radius 1 is 1.17 bits per heavy atom. The van der Waals surface area contributed by atoms with Gasteiger partial charge < -0.3 is 0 Å². The van der Waals surface area contributed by atoms with E-state index in [4.69, 9.17) is 0 Å². The first-order chi connectivity index (χ1) is 14.3. The molecule has 1 fully saturated rings. The van der Waals surface area contributed by atoms with Crippen LogP contribution < -0.4 is 10.6 Å². The van der Waals surface area contributed by atoms with Gasteiger partial charge in [-0.25, -0.2) is 0 Å². The van der Waals surface area contributed by atoms with Gasteiger partial charge in [0, 0.05) is 46.9 Å². The molecule has 2 rings (SSSR count). The van der Waals surface area contributed by atoms with Crippen LogP contribution in [0.3, 0.4) is 0 Å². The molecule has 2 aliphatic rings. The molecule has 0 radical (unpaired) electrons. The second-order valence-corrected chi connectivity index (χ2v) is 15.1. The Bertz CT molecular complexity index is 588. The molecule has 0 aliphatic carbocycles. The molecule has 0 bridgehead atoms. The third-order valence-corrected chi connectivity index (χ3v) is 12.3. The summed E-state index contributed by atoms with van der Waals surface area (Å²) in [5.41, 5.74) is 1.59. The van der Waals surface area contributed by atoms with Crippen molar-refractivity contribution in [3.63, 3.8) is 0 Å². The van der Waals surface area contributed by atoms with Crippen molar-refractivity contribution in [1.29, 1.82) is 0 Å². The van der Waals surface area contributed by atoms with Gasteiger partial charge in [-0.05, 0) is 48.3 Å². The van der Waals surface area contributed by atoms with Crippen molar-refractivity contribution in [3.05, 3.63) is 36.0 Å². The molecule has 2 aliphatic heterocycles. The third-order valence-electron chi connectivity index (χ3n) is 7.19. The maximum atomic E-state index is 3.93. The summed E-state index contributed by atoms with van der Waals surface area (Å²) in [6.45, 7) is 16.5. The molecule has 0 aromatic heterocycles. The predicted octanol–water partition coefficient (Wildman–Crippen LogP) is 5.09. The summed E-state index contributed by atoms with van der Waals surface area (Å²) in [6, 6.07) is 0. The van der Waals surface area contributed by atoms with Crippen molar-refractivity contribution < 1.29 is 0 Å². The van der Waals surface area contributed by atoms with E-state index in [9.17, 15) is 0 Å². The van der Waals surface area contributed by atoms with Gasteiger partial charge in [-0.3, -0.25) is 10.6 Å². The second-order valence-electron chi connectivity index (χ2n) is 10.4. The zero-order chi connectivity index (χ0) is 22.1. The molecule has 4 heteroatoms. The first-order valence-electron chi connectivity index (χ1n) is 12.5. The maximum absolute atomic E-state index is 3.93. The van der Waals surface area contributed by atoms with E-state index in [0.29, 0.717) is 38.5 Å². The number of allylic oxidation sites excluding steroid dienone is 4. The molecule has 2 N–H and O–H groups in total. The van der Waals surface area contributed by atoms with Gasteiger partial charge in [-0.15, -0.1) is 0 Å². The van der Waals surface area contributed by atoms with Crippen molar-refractivity contribution in [2.45, 2.75) is 101 Å². The minimum absolute atomic E-state index is 0.344. The zero-order valence-corrected chi connectivity index (χ0v) is 23.7. The normalized spacial score (nSPS) is 27.7. The van der Waals surface area contributed by atoms with E-state index in [2.05, 4.69) is 82.6 Å². The fraction of sp³-hybridized carbons (Fsp3) is 0.769. The standard InChI is InChI=1S/C26H49N2SSi/c1-7-23(17-16-22(15-14-20(2)3)26(6,30)21(4)5)29(24-12-8-10-18-27-24)25-13-9-11-19-28-25/h8,10,14-16,20-21,23-25,27-28H,7,9,11-13,17-19H2,1-6,30H3/q+1/b15-14+,22-16+. The highest BCUT2D eigenvalue weighted by Crippen LogP contribution is 2.41. The average molecular weight is 450 g/mol. The largest absolute Gasteiger partial charge is 0.272 e. The van der Waals surface area contributed by atoms with Crippen LogP contribution in [0.5, 0.6) is 0 Å². The Morgan fingerprint density at radius 3 is 2.47 bits per heavy atom. The van der Waals surface area contributed by atoms with Gasteiger partial charge in [0.05, 0.1) is 0 Å². The molecule has 0 aromatic rings. The van der Waals surface area contributed by atoms with Crippen LogP contribution in [0.4, 0.5) is 0 Å². The van der Waals surface area contributed by atoms with E-state index in [1.807, 2.05) is 0 Å². The number of nitrogens with one attached hydrogen (secondary N) is 2. The predicted molar refractivity (Wildman–Crippen MR) is 142 cm³/mol. The lowest BCUT2D eigenvalue weighted by Crippen LogP contribution is -2.54. The van der Waals surface area contributed by atoms with Crippen LogP contribution in [-0.2, 0) is 10.9 Å². The zero-order valence-electron chi connectivity index (χ0n) is 20.8. The van der Waals surface area contributed by atoms with Gasteiger partial charge in [0.1, 0.15) is 5.25 Å². The van der Waals surface area contributed by atoms with Crippen molar-refractivity contribution in [3.8, 4) is 0 Å². The fourth-order valence-corrected chi connectivity index (χ4v) is 8.18. The third kappa shape index (κ3) is 7.39. The van der Waals surface area contributed by atoms with Crippen molar-refractivity contribution in [2.75, 3.05) is 13.1 Å². The molecule has 172 valence electrons. The first-order valence-corrected chi connectivity index (χ1v) is 14.9. The molecule has 1 saturated heterocycles. The first kappa shape index (κ1) is 26.0. The van der Waals surface area contributed by atoms with E-state index in [1.165, 1.54) is 55.3 Å². The molecule has 0 aromatic carbocycles. The van der Waals surface area contributed by atoms with Crippen LogP contribution in [-0.4, -0.2) is 39.3 Å². The van der Waals surface area contributed by atoms with E-state index >= 15 is 0 Å². The van der Waals surface area contributed by atoms with Crippen LogP contribution in [0.1, 0.15) is 80.1 Å². The van der Waals surface area contributed by atoms with E-state index in [0.717, 1.165) is 11.8 Å². The summed E-state index contributed by atoms with van der Waals surface area (Å²) >= 11 is 0. The highest BCUT2D eigenvalue weighted by atomic mass is 32.2. The van der Waals surface area contributed by atoms with Crippen molar-refractivity contribution in [2.24, 2.45) is 11.8 Å². The highest BCUT2D eigenvalue weighted by Gasteiger charge is 2.44. The Balaban J connectivity index is 2.28. The molecular formula is C26H49N2SSi+. The van der Waals surface area contributed by atoms with Gasteiger partial charge in [-0.2, -0.15) is 0 Å². The van der Waals surface area contributed by atoms with Crippen LogP contribution >= 0.6 is 0 Å². The van der Waals surface area contributed by atoms with Gasteiger partial charge >= 0.3 is 0 Å². The lowest BCUT2D eigenvalue weighted by molar-refractivity contribution is 0.479. The maximum Gasteiger partial charge on any atom is 0.175 e. The van der Waals surface area contributed by atoms with Gasteiger partial charge in [0.25, 0.3) is 0 Å². The molecule has 0 saturated carbocycles. The lowest BCUT2D eigenvalue weighted by Gasteiger charge is -2.35. The summed E-state index contributed by atoms with van der Waals surface area (Å²) in [5.74, 6) is 1.30. The van der Waals surface area contributed by atoms with Gasteiger partial charge in [0.15, 0.2) is 10.7 Å². The van der Waals surface area contributed by atoms with Crippen LogP contribution in [0.15, 0.2) is 36.0 Å². The van der Waals surface area contributed by atoms with Gasteiger partial charge in [0.2, 0.25) is 0 Å². The molecule has 2 heterocycles. The summed E-state index contributed by atoms with van der Waals surface area (Å²) in [4.78, 5) is 0. The SMILES string of the molecule is CCC(C/C=C(\C=C\C(C)C)C(C)([SiH3])C(C)C)[S+](C1CC=CCN1)C1CCCCN1.